The Hall–Kier alpha value is -1.65. The molecule has 0 aliphatic carbocycles. The van der Waals surface area contributed by atoms with Crippen LogP contribution in [0.25, 0.3) is 0 Å². The lowest BCUT2D eigenvalue weighted by molar-refractivity contribution is -0.444. The smallest absolute Gasteiger partial charge is 0.337 e. The van der Waals surface area contributed by atoms with Crippen LogP contribution in [0, 0.1) is 0 Å². The van der Waals surface area contributed by atoms with E-state index in [2.05, 4.69) is 0 Å². The zero-order chi connectivity index (χ0) is 28.5. The molecule has 0 saturated heterocycles. The van der Waals surface area contributed by atoms with Gasteiger partial charge in [-0.2, -0.15) is 61.5 Å². The molecule has 0 aromatic heterocycles. The second kappa shape index (κ2) is 10.4. The maximum absolute atomic E-state index is 14.1. The molecule has 18 heteroatoms. The van der Waals surface area contributed by atoms with Gasteiger partial charge in [-0.3, -0.25) is 4.79 Å². The van der Waals surface area contributed by atoms with Crippen molar-refractivity contribution in [2.45, 2.75) is 87.4 Å². The third kappa shape index (κ3) is 5.11. The first-order valence-corrected chi connectivity index (χ1v) is 9.60. The molecule has 0 aromatic carbocycles. The molecule has 0 heterocycles. The lowest BCUT2D eigenvalue weighted by Gasteiger charge is -2.42. The van der Waals surface area contributed by atoms with Crippen LogP contribution in [0.5, 0.6) is 0 Å². The molecule has 0 unspecified atom stereocenters. The Morgan fingerprint density at radius 1 is 0.600 bits per heavy atom. The van der Waals surface area contributed by atoms with Gasteiger partial charge in [0.05, 0.1) is 0 Å². The van der Waals surface area contributed by atoms with Gasteiger partial charge in [-0.25, -0.2) is 8.78 Å². The van der Waals surface area contributed by atoms with Gasteiger partial charge in [-0.1, -0.05) is 26.7 Å². The van der Waals surface area contributed by atoms with Crippen molar-refractivity contribution in [3.05, 3.63) is 0 Å². The predicted molar refractivity (Wildman–Crippen MR) is 87.0 cm³/mol. The first kappa shape index (κ1) is 33.4. The van der Waals surface area contributed by atoms with Gasteiger partial charge in [0.15, 0.2) is 0 Å². The molecule has 35 heavy (non-hydrogen) atoms. The van der Waals surface area contributed by atoms with Gasteiger partial charge in [0.2, 0.25) is 0 Å². The normalized spacial score (nSPS) is 15.1. The second-order valence-electron chi connectivity index (χ2n) is 7.37. The first-order valence-electron chi connectivity index (χ1n) is 9.60. The summed E-state index contributed by atoms with van der Waals surface area (Å²) in [5.74, 6) is -59.1. The maximum Gasteiger partial charge on any atom is 0.392 e. The Bertz CT molecular complexity index is 713. The molecule has 0 bridgehead atoms. The summed E-state index contributed by atoms with van der Waals surface area (Å²) >= 11 is 0. The largest absolute Gasteiger partial charge is 0.392 e. The fraction of sp³-hybridized carbons (Fsp3) is 0.941. The zero-order valence-corrected chi connectivity index (χ0v) is 17.7. The van der Waals surface area contributed by atoms with Crippen molar-refractivity contribution in [1.82, 2.24) is 4.90 Å². The third-order valence-electron chi connectivity index (χ3n) is 4.78. The van der Waals surface area contributed by atoms with Crippen LogP contribution in [-0.4, -0.2) is 71.8 Å². The van der Waals surface area contributed by atoms with Gasteiger partial charge in [0, 0.05) is 13.1 Å². The molecular formula is C17H19F16NO. The number of carbonyl (C=O) groups is 1. The Kier molecular flexibility index (Phi) is 9.89. The summed E-state index contributed by atoms with van der Waals surface area (Å²) in [6, 6.07) is 0. The summed E-state index contributed by atoms with van der Waals surface area (Å²) in [6.45, 7) is 1.14. The molecule has 0 aliphatic rings. The van der Waals surface area contributed by atoms with Crippen molar-refractivity contribution in [1.29, 1.82) is 0 Å². The number of rotatable bonds is 14. The van der Waals surface area contributed by atoms with E-state index in [1.807, 2.05) is 0 Å². The van der Waals surface area contributed by atoms with Crippen molar-refractivity contribution in [3.63, 3.8) is 0 Å². The minimum atomic E-state index is -8.51. The van der Waals surface area contributed by atoms with Gasteiger partial charge < -0.3 is 4.90 Å². The summed E-state index contributed by atoms with van der Waals surface area (Å²) in [4.78, 5) is 11.7. The molecule has 0 spiro atoms. The summed E-state index contributed by atoms with van der Waals surface area (Å²) in [5, 5.41) is 0. The number of unbranched alkanes of at least 4 members (excludes halogenated alkanes) is 2. The number of hydrogen-bond donors (Lipinski definition) is 0. The molecule has 1 amide bonds. The standard InChI is InChI=1S/C17H19F16NO/c1-3-5-7-34(8-6-4-2)10(35)12(22,23)14(26,27)16(30,31)17(32,33)15(28,29)13(24,25)11(20,21)9(18)19/h9H,3-8H2,1-2H3. The van der Waals surface area contributed by atoms with Crippen LogP contribution in [0.1, 0.15) is 39.5 Å². The Morgan fingerprint density at radius 3 is 1.23 bits per heavy atom. The zero-order valence-electron chi connectivity index (χ0n) is 17.7. The molecule has 0 radical (unpaired) electrons. The number of amides is 1. The van der Waals surface area contributed by atoms with Crippen LogP contribution >= 0.6 is 0 Å². The van der Waals surface area contributed by atoms with Gasteiger partial charge in [-0.05, 0) is 12.8 Å². The maximum atomic E-state index is 14.1. The fourth-order valence-electron chi connectivity index (χ4n) is 2.48. The minimum absolute atomic E-state index is 0.103. The Balaban J connectivity index is 6.65. The van der Waals surface area contributed by atoms with E-state index in [-0.39, 0.29) is 30.6 Å². The highest BCUT2D eigenvalue weighted by Crippen LogP contribution is 2.62. The Morgan fingerprint density at radius 2 is 0.914 bits per heavy atom. The average Bonchev–Trinajstić information content (AvgIpc) is 2.72. The monoisotopic (exact) mass is 557 g/mol. The van der Waals surface area contributed by atoms with Crippen LogP contribution in [-0.2, 0) is 4.79 Å². The lowest BCUT2D eigenvalue weighted by Crippen LogP contribution is -2.74. The first-order chi connectivity index (χ1) is 15.4. The Labute approximate surface area is 187 Å². The van der Waals surface area contributed by atoms with E-state index < -0.39 is 66.9 Å². The molecule has 210 valence electrons. The SMILES string of the molecule is CCCCN(CCCC)C(=O)C(F)(F)C(F)(F)C(F)(F)C(F)(F)C(F)(F)C(F)(F)C(F)(F)C(F)F. The fourth-order valence-corrected chi connectivity index (χ4v) is 2.48. The van der Waals surface area contributed by atoms with Crippen molar-refractivity contribution in [2.24, 2.45) is 0 Å². The van der Waals surface area contributed by atoms with Gasteiger partial charge in [0.25, 0.3) is 5.91 Å². The van der Waals surface area contributed by atoms with E-state index in [1.165, 1.54) is 13.8 Å². The molecule has 0 fully saturated rings. The van der Waals surface area contributed by atoms with Crippen LogP contribution in [0.4, 0.5) is 70.2 Å². The number of carbonyl (C=O) groups excluding carboxylic acids is 1. The van der Waals surface area contributed by atoms with E-state index in [9.17, 15) is 75.0 Å². The molecule has 0 aliphatic heterocycles. The minimum Gasteiger partial charge on any atom is -0.337 e. The highest BCUT2D eigenvalue weighted by atomic mass is 19.4. The van der Waals surface area contributed by atoms with E-state index in [4.69, 9.17) is 0 Å². The van der Waals surface area contributed by atoms with Crippen molar-refractivity contribution >= 4 is 5.91 Å². The molecule has 0 rings (SSSR count). The van der Waals surface area contributed by atoms with Gasteiger partial charge >= 0.3 is 47.9 Å². The van der Waals surface area contributed by atoms with Crippen LogP contribution < -0.4 is 0 Å². The number of alkyl halides is 16. The van der Waals surface area contributed by atoms with Gasteiger partial charge in [0.1, 0.15) is 0 Å². The summed E-state index contributed by atoms with van der Waals surface area (Å²) < 4.78 is 214. The van der Waals surface area contributed by atoms with Gasteiger partial charge in [-0.15, -0.1) is 0 Å². The highest BCUT2D eigenvalue weighted by molar-refractivity contribution is 5.85. The molecule has 2 nitrogen and oxygen atoms in total. The number of nitrogens with zero attached hydrogens (tertiary/aromatic N) is 1. The summed E-state index contributed by atoms with van der Waals surface area (Å²) in [6.07, 6.45) is -6.12. The second-order valence-corrected chi connectivity index (χ2v) is 7.37. The van der Waals surface area contributed by atoms with Crippen LogP contribution in [0.3, 0.4) is 0 Å². The van der Waals surface area contributed by atoms with Crippen molar-refractivity contribution < 1.29 is 75.0 Å². The summed E-state index contributed by atoms with van der Waals surface area (Å²) in [7, 11) is 0. The molecule has 0 saturated carbocycles. The van der Waals surface area contributed by atoms with Crippen molar-refractivity contribution in [2.75, 3.05) is 13.1 Å². The van der Waals surface area contributed by atoms with E-state index in [0.717, 1.165) is 0 Å². The predicted octanol–water partition coefficient (Wildman–Crippen LogP) is 7.13. The van der Waals surface area contributed by atoms with E-state index in [0.29, 0.717) is 0 Å². The molecular weight excluding hydrogens is 538 g/mol. The van der Waals surface area contributed by atoms with E-state index >= 15 is 0 Å². The van der Waals surface area contributed by atoms with Crippen molar-refractivity contribution in [3.8, 4) is 0 Å². The number of hydrogen-bond acceptors (Lipinski definition) is 1. The molecule has 0 N–H and O–H groups in total. The highest BCUT2D eigenvalue weighted by Gasteiger charge is 2.94. The average molecular weight is 557 g/mol. The lowest BCUT2D eigenvalue weighted by atomic mass is 9.89. The molecule has 0 atom stereocenters. The number of halogens is 16. The quantitative estimate of drug-likeness (QED) is 0.208. The third-order valence-corrected chi connectivity index (χ3v) is 4.78. The topological polar surface area (TPSA) is 20.3 Å². The van der Waals surface area contributed by atoms with Crippen LogP contribution in [0.15, 0.2) is 0 Å². The van der Waals surface area contributed by atoms with E-state index in [1.54, 1.807) is 0 Å². The summed E-state index contributed by atoms with van der Waals surface area (Å²) in [5.41, 5.74) is 0. The molecule has 0 aromatic rings. The van der Waals surface area contributed by atoms with Crippen LogP contribution in [0.2, 0.25) is 0 Å².